The number of carbonyl (C=O) groups is 1. The maximum absolute atomic E-state index is 13.7. The van der Waals surface area contributed by atoms with Crippen molar-refractivity contribution < 1.29 is 18.5 Å². The SMILES string of the molecule is O=C(Nc1c(F)cc(F)cc1[N+](=O)[O-])c1cccc(I)c1. The summed E-state index contributed by atoms with van der Waals surface area (Å²) in [5.74, 6) is -3.02. The van der Waals surface area contributed by atoms with Crippen molar-refractivity contribution >= 4 is 39.9 Å². The number of halogens is 3. The van der Waals surface area contributed by atoms with E-state index >= 15 is 0 Å². The van der Waals surface area contributed by atoms with E-state index in [4.69, 9.17) is 0 Å². The molecule has 0 radical (unpaired) electrons. The Hall–Kier alpha value is -2.10. The fourth-order valence-electron chi connectivity index (χ4n) is 1.64. The van der Waals surface area contributed by atoms with Crippen LogP contribution in [0, 0.1) is 25.3 Å². The maximum Gasteiger partial charge on any atom is 0.298 e. The Bertz CT molecular complexity index is 737. The Labute approximate surface area is 131 Å². The van der Waals surface area contributed by atoms with Crippen LogP contribution in [0.4, 0.5) is 20.2 Å². The number of hydrogen-bond acceptors (Lipinski definition) is 3. The van der Waals surface area contributed by atoms with Gasteiger partial charge in [-0.2, -0.15) is 0 Å². The first-order valence-corrected chi connectivity index (χ1v) is 6.66. The Morgan fingerprint density at radius 2 is 1.95 bits per heavy atom. The van der Waals surface area contributed by atoms with Gasteiger partial charge in [0, 0.05) is 15.2 Å². The van der Waals surface area contributed by atoms with E-state index in [0.717, 1.165) is 3.57 Å². The lowest BCUT2D eigenvalue weighted by Crippen LogP contribution is -2.14. The lowest BCUT2D eigenvalue weighted by molar-refractivity contribution is -0.384. The summed E-state index contributed by atoms with van der Waals surface area (Å²) in [5.41, 5.74) is -1.29. The molecule has 0 atom stereocenters. The van der Waals surface area contributed by atoms with Gasteiger partial charge in [-0.3, -0.25) is 14.9 Å². The minimum atomic E-state index is -1.21. The van der Waals surface area contributed by atoms with E-state index in [-0.39, 0.29) is 5.56 Å². The minimum Gasteiger partial charge on any atom is -0.314 e. The lowest BCUT2D eigenvalue weighted by Gasteiger charge is -2.07. The second-order valence-corrected chi connectivity index (χ2v) is 5.25. The van der Waals surface area contributed by atoms with Gasteiger partial charge in [-0.1, -0.05) is 6.07 Å². The smallest absolute Gasteiger partial charge is 0.298 e. The molecule has 0 bridgehead atoms. The summed E-state index contributed by atoms with van der Waals surface area (Å²) in [4.78, 5) is 21.8. The van der Waals surface area contributed by atoms with Crippen molar-refractivity contribution in [3.05, 3.63) is 67.3 Å². The summed E-state index contributed by atoms with van der Waals surface area (Å²) < 4.78 is 27.5. The van der Waals surface area contributed by atoms with Crippen LogP contribution < -0.4 is 5.32 Å². The average molecular weight is 404 g/mol. The van der Waals surface area contributed by atoms with Crippen molar-refractivity contribution in [3.8, 4) is 0 Å². The number of amides is 1. The number of nitrogens with zero attached hydrogens (tertiary/aromatic N) is 1. The van der Waals surface area contributed by atoms with Gasteiger partial charge in [0.25, 0.3) is 11.6 Å². The van der Waals surface area contributed by atoms with Gasteiger partial charge in [-0.15, -0.1) is 0 Å². The highest BCUT2D eigenvalue weighted by Crippen LogP contribution is 2.29. The van der Waals surface area contributed by atoms with Crippen LogP contribution in [-0.4, -0.2) is 10.8 Å². The van der Waals surface area contributed by atoms with E-state index in [9.17, 15) is 23.7 Å². The molecule has 0 saturated carbocycles. The van der Waals surface area contributed by atoms with Gasteiger partial charge in [0.2, 0.25) is 0 Å². The number of nitro benzene ring substituents is 1. The molecule has 1 N–H and O–H groups in total. The molecular weight excluding hydrogens is 397 g/mol. The predicted molar refractivity (Wildman–Crippen MR) is 80.1 cm³/mol. The van der Waals surface area contributed by atoms with Crippen LogP contribution in [0.5, 0.6) is 0 Å². The van der Waals surface area contributed by atoms with Crippen molar-refractivity contribution in [2.75, 3.05) is 5.32 Å². The second-order valence-electron chi connectivity index (χ2n) is 4.00. The topological polar surface area (TPSA) is 72.2 Å². The van der Waals surface area contributed by atoms with Crippen LogP contribution in [0.1, 0.15) is 10.4 Å². The van der Waals surface area contributed by atoms with E-state index in [1.165, 1.54) is 12.1 Å². The molecule has 5 nitrogen and oxygen atoms in total. The summed E-state index contributed by atoms with van der Waals surface area (Å²) in [5, 5.41) is 12.9. The van der Waals surface area contributed by atoms with Gasteiger partial charge in [0.15, 0.2) is 11.5 Å². The highest BCUT2D eigenvalue weighted by Gasteiger charge is 2.22. The highest BCUT2D eigenvalue weighted by molar-refractivity contribution is 14.1. The van der Waals surface area contributed by atoms with Gasteiger partial charge in [0.05, 0.1) is 11.0 Å². The number of nitrogens with one attached hydrogen (secondary N) is 1. The second kappa shape index (κ2) is 6.12. The molecule has 0 heterocycles. The number of hydrogen-bond donors (Lipinski definition) is 1. The first-order chi connectivity index (χ1) is 9.88. The average Bonchev–Trinajstić information content (AvgIpc) is 2.41. The van der Waals surface area contributed by atoms with Crippen LogP contribution in [0.25, 0.3) is 0 Å². The molecule has 0 fully saturated rings. The van der Waals surface area contributed by atoms with Gasteiger partial charge in [0.1, 0.15) is 5.82 Å². The molecule has 0 unspecified atom stereocenters. The first-order valence-electron chi connectivity index (χ1n) is 5.59. The fraction of sp³-hybridized carbons (Fsp3) is 0. The number of nitro groups is 1. The molecule has 21 heavy (non-hydrogen) atoms. The molecule has 0 aliphatic heterocycles. The minimum absolute atomic E-state index is 0.208. The molecule has 2 aromatic rings. The number of benzene rings is 2. The molecule has 2 aromatic carbocycles. The summed E-state index contributed by atoms with van der Waals surface area (Å²) in [6, 6.07) is 7.39. The van der Waals surface area contributed by atoms with Crippen molar-refractivity contribution in [1.82, 2.24) is 0 Å². The molecule has 2 rings (SSSR count). The number of anilines is 1. The van der Waals surface area contributed by atoms with E-state index in [2.05, 4.69) is 5.32 Å². The Morgan fingerprint density at radius 1 is 1.24 bits per heavy atom. The predicted octanol–water partition coefficient (Wildman–Crippen LogP) is 3.73. The summed E-state index contributed by atoms with van der Waals surface area (Å²) >= 11 is 1.99. The van der Waals surface area contributed by atoms with Gasteiger partial charge < -0.3 is 5.32 Å². The zero-order chi connectivity index (χ0) is 15.6. The van der Waals surface area contributed by atoms with E-state index < -0.39 is 33.8 Å². The number of rotatable bonds is 3. The third-order valence-corrected chi connectivity index (χ3v) is 3.23. The van der Waals surface area contributed by atoms with Crippen LogP contribution in [-0.2, 0) is 0 Å². The maximum atomic E-state index is 13.7. The summed E-state index contributed by atoms with van der Waals surface area (Å²) in [6.07, 6.45) is 0. The Kier molecular flexibility index (Phi) is 4.46. The highest BCUT2D eigenvalue weighted by atomic mass is 127. The number of carbonyl (C=O) groups excluding carboxylic acids is 1. The molecule has 108 valence electrons. The zero-order valence-corrected chi connectivity index (χ0v) is 12.4. The van der Waals surface area contributed by atoms with Crippen molar-refractivity contribution in [1.29, 1.82) is 0 Å². The molecule has 0 aliphatic rings. The van der Waals surface area contributed by atoms with Crippen LogP contribution in [0.2, 0.25) is 0 Å². The van der Waals surface area contributed by atoms with Crippen molar-refractivity contribution in [2.45, 2.75) is 0 Å². The standard InChI is InChI=1S/C13H7F2IN2O3/c14-8-5-10(15)12(11(6-8)18(20)21)17-13(19)7-2-1-3-9(16)4-7/h1-6H,(H,17,19). The summed E-state index contributed by atoms with van der Waals surface area (Å²) in [6.45, 7) is 0. The van der Waals surface area contributed by atoms with Gasteiger partial charge in [-0.05, 0) is 40.8 Å². The van der Waals surface area contributed by atoms with Crippen LogP contribution >= 0.6 is 22.6 Å². The van der Waals surface area contributed by atoms with Gasteiger partial charge >= 0.3 is 0 Å². The lowest BCUT2D eigenvalue weighted by atomic mass is 10.2. The fourth-order valence-corrected chi connectivity index (χ4v) is 2.19. The monoisotopic (exact) mass is 404 g/mol. The van der Waals surface area contributed by atoms with E-state index in [0.29, 0.717) is 12.1 Å². The molecule has 8 heteroatoms. The molecular formula is C13H7F2IN2O3. The van der Waals surface area contributed by atoms with Crippen molar-refractivity contribution in [3.63, 3.8) is 0 Å². The van der Waals surface area contributed by atoms with E-state index in [1.807, 2.05) is 22.6 Å². The third-order valence-electron chi connectivity index (χ3n) is 2.56. The molecule has 0 spiro atoms. The van der Waals surface area contributed by atoms with Gasteiger partial charge in [-0.25, -0.2) is 8.78 Å². The normalized spacial score (nSPS) is 10.2. The molecule has 1 amide bonds. The first kappa shape index (κ1) is 15.3. The van der Waals surface area contributed by atoms with Crippen molar-refractivity contribution in [2.24, 2.45) is 0 Å². The molecule has 0 aromatic heterocycles. The quantitative estimate of drug-likeness (QED) is 0.482. The van der Waals surface area contributed by atoms with Crippen LogP contribution in [0.15, 0.2) is 36.4 Å². The summed E-state index contributed by atoms with van der Waals surface area (Å²) in [7, 11) is 0. The Balaban J connectivity index is 2.39. The zero-order valence-electron chi connectivity index (χ0n) is 10.3. The third kappa shape index (κ3) is 3.51. The molecule has 0 saturated heterocycles. The largest absolute Gasteiger partial charge is 0.314 e. The van der Waals surface area contributed by atoms with Crippen LogP contribution in [0.3, 0.4) is 0 Å². The molecule has 0 aliphatic carbocycles. The Morgan fingerprint density at radius 3 is 2.57 bits per heavy atom. The van der Waals surface area contributed by atoms with E-state index in [1.54, 1.807) is 12.1 Å².